The number of hydrogen-bond donors (Lipinski definition) is 0. The Morgan fingerprint density at radius 2 is 1.69 bits per heavy atom. The number of ether oxygens (including phenoxy) is 2. The minimum Gasteiger partial charge on any atom is -0.497 e. The lowest BCUT2D eigenvalue weighted by atomic mass is 9.93. The summed E-state index contributed by atoms with van der Waals surface area (Å²) in [5.74, 6) is -0.0629. The smallest absolute Gasteiger partial charge is 0.339 e. The van der Waals surface area contributed by atoms with Gasteiger partial charge >= 0.3 is 16.1 Å². The number of aromatic nitrogens is 1. The second kappa shape index (κ2) is 13.7. The van der Waals surface area contributed by atoms with E-state index in [1.165, 1.54) is 23.8 Å². The lowest BCUT2D eigenvalue weighted by Crippen LogP contribution is -2.40. The molecule has 5 aromatic rings. The van der Waals surface area contributed by atoms with Gasteiger partial charge in [-0.25, -0.2) is 9.79 Å². The quantitative estimate of drug-likeness (QED) is 0.0880. The number of carbonyl (C=O) groups excluding carboxylic acids is 1. The van der Waals surface area contributed by atoms with Crippen LogP contribution < -0.4 is 23.8 Å². The number of thiazole rings is 1. The summed E-state index contributed by atoms with van der Waals surface area (Å²) in [5.41, 5.74) is 1.80. The summed E-state index contributed by atoms with van der Waals surface area (Å²) >= 11 is 1.14. The third kappa shape index (κ3) is 6.77. The molecule has 0 aliphatic carbocycles. The fourth-order valence-corrected chi connectivity index (χ4v) is 7.18. The highest BCUT2D eigenvalue weighted by molar-refractivity contribution is 7.87. The van der Waals surface area contributed by atoms with Gasteiger partial charge < -0.3 is 13.7 Å². The Balaban J connectivity index is 1.42. The maximum absolute atomic E-state index is 14.1. The molecule has 1 aliphatic rings. The minimum absolute atomic E-state index is 0.00145. The highest BCUT2D eigenvalue weighted by Gasteiger charge is 2.35. The van der Waals surface area contributed by atoms with E-state index in [1.54, 1.807) is 49.4 Å². The monoisotopic (exact) mass is 697 g/mol. The van der Waals surface area contributed by atoms with Gasteiger partial charge in [0.1, 0.15) is 16.4 Å². The van der Waals surface area contributed by atoms with Gasteiger partial charge in [-0.05, 0) is 60.5 Å². The number of hydrogen-bond acceptors (Lipinski definition) is 11. The van der Waals surface area contributed by atoms with E-state index >= 15 is 0 Å². The SMILES string of the molecule is CCOC(=O)C1=C(c2ccccc2)N=c2s/c(=C\c3ccc(OS(=O)(=O)c4ccc([N+](=O)[O-])cc4)cc3)c(=O)n2[C@H]1c1cccc(OC)c1. The van der Waals surface area contributed by atoms with E-state index < -0.39 is 32.6 Å². The van der Waals surface area contributed by atoms with Crippen LogP contribution in [0.1, 0.15) is 29.7 Å². The summed E-state index contributed by atoms with van der Waals surface area (Å²) in [6, 6.07) is 25.8. The molecular weight excluding hydrogens is 671 g/mol. The highest BCUT2D eigenvalue weighted by Crippen LogP contribution is 2.36. The van der Waals surface area contributed by atoms with Gasteiger partial charge in [0.2, 0.25) is 0 Å². The van der Waals surface area contributed by atoms with Crippen molar-refractivity contribution in [3.8, 4) is 11.5 Å². The number of nitro benzene ring substituents is 1. The van der Waals surface area contributed by atoms with E-state index in [2.05, 4.69) is 0 Å². The van der Waals surface area contributed by atoms with Gasteiger partial charge in [0.25, 0.3) is 11.2 Å². The van der Waals surface area contributed by atoms with Gasteiger partial charge in [0.15, 0.2) is 4.80 Å². The van der Waals surface area contributed by atoms with Gasteiger partial charge in [-0.3, -0.25) is 19.5 Å². The lowest BCUT2D eigenvalue weighted by Gasteiger charge is -2.26. The van der Waals surface area contributed by atoms with Crippen LogP contribution in [0, 0.1) is 10.1 Å². The molecular formula is C35H27N3O9S2. The molecule has 0 fully saturated rings. The summed E-state index contributed by atoms with van der Waals surface area (Å²) in [5, 5.41) is 10.9. The van der Waals surface area contributed by atoms with E-state index in [1.807, 2.05) is 30.3 Å². The number of esters is 1. The molecule has 0 spiro atoms. The zero-order valence-electron chi connectivity index (χ0n) is 26.0. The first-order valence-corrected chi connectivity index (χ1v) is 17.0. The second-order valence-electron chi connectivity index (χ2n) is 10.6. The topological polar surface area (TPSA) is 156 Å². The Morgan fingerprint density at radius 1 is 0.980 bits per heavy atom. The third-order valence-corrected chi connectivity index (χ3v) is 9.75. The highest BCUT2D eigenvalue weighted by atomic mass is 32.2. The van der Waals surface area contributed by atoms with Crippen LogP contribution in [0.25, 0.3) is 11.8 Å². The normalized spacial score (nSPS) is 14.5. The molecule has 0 unspecified atom stereocenters. The molecule has 14 heteroatoms. The van der Waals surface area contributed by atoms with E-state index in [4.69, 9.17) is 18.6 Å². The predicted molar refractivity (Wildman–Crippen MR) is 181 cm³/mol. The molecule has 1 atom stereocenters. The van der Waals surface area contributed by atoms with Gasteiger partial charge in [-0.15, -0.1) is 0 Å². The average Bonchev–Trinajstić information content (AvgIpc) is 3.42. The van der Waals surface area contributed by atoms with Crippen LogP contribution in [0.4, 0.5) is 5.69 Å². The van der Waals surface area contributed by atoms with E-state index in [0.717, 1.165) is 35.6 Å². The number of nitrogens with zero attached hydrogens (tertiary/aromatic N) is 3. The van der Waals surface area contributed by atoms with Crippen molar-refractivity contribution in [1.29, 1.82) is 0 Å². The first kappa shape index (κ1) is 33.1. The second-order valence-corrected chi connectivity index (χ2v) is 13.1. The molecule has 4 aromatic carbocycles. The maximum atomic E-state index is 14.1. The molecule has 0 N–H and O–H groups in total. The third-order valence-electron chi connectivity index (χ3n) is 7.50. The molecule has 0 saturated heterocycles. The number of benzene rings is 4. The molecule has 2 heterocycles. The van der Waals surface area contributed by atoms with E-state index in [0.29, 0.717) is 37.5 Å². The van der Waals surface area contributed by atoms with Crippen molar-refractivity contribution in [2.24, 2.45) is 4.99 Å². The van der Waals surface area contributed by atoms with Crippen LogP contribution in [-0.4, -0.2) is 37.6 Å². The Labute approximate surface area is 283 Å². The fraction of sp³-hybridized carbons (Fsp3) is 0.114. The molecule has 6 rings (SSSR count). The average molecular weight is 698 g/mol. The van der Waals surface area contributed by atoms with Crippen LogP contribution >= 0.6 is 11.3 Å². The predicted octanol–water partition coefficient (Wildman–Crippen LogP) is 4.62. The van der Waals surface area contributed by atoms with Gasteiger partial charge in [-0.2, -0.15) is 8.42 Å². The Morgan fingerprint density at radius 3 is 2.35 bits per heavy atom. The van der Waals surface area contributed by atoms with Crippen LogP contribution in [0.5, 0.6) is 11.5 Å². The zero-order valence-corrected chi connectivity index (χ0v) is 27.6. The fourth-order valence-electron chi connectivity index (χ4n) is 5.25. The number of rotatable bonds is 10. The Hall–Kier alpha value is -5.86. The van der Waals surface area contributed by atoms with Crippen molar-refractivity contribution in [2.75, 3.05) is 13.7 Å². The molecule has 1 aliphatic heterocycles. The first-order chi connectivity index (χ1) is 23.6. The number of fused-ring (bicyclic) bond motifs is 1. The number of methoxy groups -OCH3 is 1. The van der Waals surface area contributed by atoms with E-state index in [-0.39, 0.29) is 28.5 Å². The summed E-state index contributed by atoms with van der Waals surface area (Å²) < 4.78 is 43.5. The van der Waals surface area contributed by atoms with Crippen LogP contribution in [0.2, 0.25) is 0 Å². The number of non-ortho nitro benzene ring substituents is 1. The molecule has 1 aromatic heterocycles. The molecule has 12 nitrogen and oxygen atoms in total. The molecule has 0 amide bonds. The van der Waals surface area contributed by atoms with Crippen molar-refractivity contribution in [3.05, 3.63) is 155 Å². The Kier molecular flexibility index (Phi) is 9.25. The van der Waals surface area contributed by atoms with Gasteiger partial charge in [-0.1, -0.05) is 65.9 Å². The van der Waals surface area contributed by atoms with Gasteiger partial charge in [0.05, 0.1) is 40.5 Å². The van der Waals surface area contributed by atoms with Crippen LogP contribution in [-0.2, 0) is 19.6 Å². The van der Waals surface area contributed by atoms with Crippen LogP contribution in [0.3, 0.4) is 0 Å². The largest absolute Gasteiger partial charge is 0.497 e. The summed E-state index contributed by atoms with van der Waals surface area (Å²) in [6.07, 6.45) is 1.64. The van der Waals surface area contributed by atoms with Crippen molar-refractivity contribution < 1.29 is 31.8 Å². The standard InChI is InChI=1S/C35H27N3O9S2/c1-3-46-34(40)30-31(23-8-5-4-6-9-23)36-35-37(32(30)24-10-7-11-27(21-24)45-2)33(39)29(48-35)20-22-12-16-26(17-13-22)47-49(43,44)28-18-14-25(15-19-28)38(41)42/h4-21,32H,3H2,1-2H3/b29-20-/t32-/m0/s1. The minimum atomic E-state index is -4.27. The van der Waals surface area contributed by atoms with Crippen molar-refractivity contribution in [3.63, 3.8) is 0 Å². The van der Waals surface area contributed by atoms with Crippen molar-refractivity contribution in [1.82, 2.24) is 4.57 Å². The number of nitro groups is 1. The Bertz CT molecular complexity index is 2380. The van der Waals surface area contributed by atoms with Crippen LogP contribution in [0.15, 0.2) is 123 Å². The zero-order chi connectivity index (χ0) is 34.7. The van der Waals surface area contributed by atoms with E-state index in [9.17, 15) is 28.1 Å². The summed E-state index contributed by atoms with van der Waals surface area (Å²) in [7, 11) is -2.74. The molecule has 248 valence electrons. The maximum Gasteiger partial charge on any atom is 0.339 e. The summed E-state index contributed by atoms with van der Waals surface area (Å²) in [4.78, 5) is 43.0. The van der Waals surface area contributed by atoms with Crippen molar-refractivity contribution in [2.45, 2.75) is 17.9 Å². The van der Waals surface area contributed by atoms with Gasteiger partial charge in [0, 0.05) is 17.7 Å². The molecule has 49 heavy (non-hydrogen) atoms. The molecule has 0 bridgehead atoms. The number of carbonyl (C=O) groups is 1. The molecule has 0 radical (unpaired) electrons. The van der Waals surface area contributed by atoms with Crippen molar-refractivity contribution >= 4 is 44.9 Å². The summed E-state index contributed by atoms with van der Waals surface area (Å²) in [6.45, 7) is 1.83. The lowest BCUT2D eigenvalue weighted by molar-refractivity contribution is -0.384. The first-order valence-electron chi connectivity index (χ1n) is 14.8. The molecule has 0 saturated carbocycles.